The summed E-state index contributed by atoms with van der Waals surface area (Å²) >= 11 is 26.7. The molecule has 0 aromatic rings. The van der Waals surface area contributed by atoms with E-state index in [1.807, 2.05) is 0 Å². The Bertz CT molecular complexity index is 255. The van der Waals surface area contributed by atoms with E-state index in [0.29, 0.717) is 0 Å². The smallest absolute Gasteiger partial charge is 0.138 e. The van der Waals surface area contributed by atoms with E-state index in [0.717, 1.165) is 0 Å². The van der Waals surface area contributed by atoms with Crippen LogP contribution in [0.3, 0.4) is 0 Å². The molecule has 0 aliphatic rings. The third kappa shape index (κ3) is 3.55. The summed E-state index contributed by atoms with van der Waals surface area (Å²) < 4.78 is -0.231. The highest BCUT2D eigenvalue weighted by Gasteiger charge is 2.08. The number of allylic oxidation sites excluding steroid dienone is 3. The van der Waals surface area contributed by atoms with Gasteiger partial charge in [-0.25, -0.2) is 0 Å². The molecule has 0 radical (unpaired) electrons. The number of nitriles is 1. The first-order chi connectivity index (χ1) is 5.00. The predicted molar refractivity (Wildman–Crippen MR) is 48.9 cm³/mol. The minimum atomic E-state index is -0.254. The number of hydrogen-bond donors (Lipinski definition) is 0. The molecule has 0 bridgehead atoms. The molecule has 0 aliphatic carbocycles. The zero-order chi connectivity index (χ0) is 9.02. The number of nitrogens with zero attached hydrogens (tertiary/aromatic N) is 1. The second kappa shape index (κ2) is 5.13. The van der Waals surface area contributed by atoms with Crippen molar-refractivity contribution in [3.63, 3.8) is 0 Å². The molecule has 0 atom stereocenters. The molecule has 0 unspecified atom stereocenters. The molecule has 0 amide bonds. The van der Waals surface area contributed by atoms with E-state index in [9.17, 15) is 0 Å². The van der Waals surface area contributed by atoms with E-state index >= 15 is 0 Å². The lowest BCUT2D eigenvalue weighted by atomic mass is 10.5. The van der Waals surface area contributed by atoms with Gasteiger partial charge in [0.1, 0.15) is 15.6 Å². The van der Waals surface area contributed by atoms with Crippen molar-refractivity contribution in [3.05, 3.63) is 19.6 Å². The molecule has 0 fully saturated rings. The highest BCUT2D eigenvalue weighted by Crippen LogP contribution is 2.30. The Kier molecular flexibility index (Phi) is 5.33. The van der Waals surface area contributed by atoms with Crippen LogP contribution in [0.2, 0.25) is 0 Å². The van der Waals surface area contributed by atoms with Gasteiger partial charge in [0.2, 0.25) is 0 Å². The van der Waals surface area contributed by atoms with Crippen molar-refractivity contribution in [3.8, 4) is 6.07 Å². The lowest BCUT2D eigenvalue weighted by molar-refractivity contribution is 1.52. The van der Waals surface area contributed by atoms with Gasteiger partial charge < -0.3 is 0 Å². The highest BCUT2D eigenvalue weighted by molar-refractivity contribution is 6.62. The summed E-state index contributed by atoms with van der Waals surface area (Å²) in [6.07, 6.45) is 0. The average molecular weight is 251 g/mol. The maximum atomic E-state index is 8.24. The van der Waals surface area contributed by atoms with Gasteiger partial charge in [-0.1, -0.05) is 58.0 Å². The van der Waals surface area contributed by atoms with Crippen LogP contribution in [0, 0.1) is 11.3 Å². The van der Waals surface area contributed by atoms with Crippen molar-refractivity contribution >= 4 is 58.0 Å². The van der Waals surface area contributed by atoms with E-state index in [1.54, 1.807) is 6.07 Å². The van der Waals surface area contributed by atoms with Crippen molar-refractivity contribution in [2.45, 2.75) is 0 Å². The van der Waals surface area contributed by atoms with Crippen LogP contribution in [-0.4, -0.2) is 0 Å². The van der Waals surface area contributed by atoms with Gasteiger partial charge in [-0.3, -0.25) is 0 Å². The van der Waals surface area contributed by atoms with Gasteiger partial charge in [0.05, 0.1) is 10.1 Å². The Morgan fingerprint density at radius 1 is 0.909 bits per heavy atom. The largest absolute Gasteiger partial charge is 0.191 e. The van der Waals surface area contributed by atoms with E-state index in [2.05, 4.69) is 0 Å². The summed E-state index contributed by atoms with van der Waals surface area (Å²) in [5, 5.41) is 7.70. The number of rotatable bonds is 1. The number of hydrogen-bond acceptors (Lipinski definition) is 1. The minimum Gasteiger partial charge on any atom is -0.191 e. The molecule has 0 heterocycles. The number of halogens is 5. The van der Waals surface area contributed by atoms with E-state index in [-0.39, 0.29) is 19.6 Å². The van der Waals surface area contributed by atoms with Gasteiger partial charge in [0.15, 0.2) is 0 Å². The molecule has 0 saturated heterocycles. The van der Waals surface area contributed by atoms with Crippen LogP contribution in [-0.2, 0) is 0 Å². The van der Waals surface area contributed by atoms with Gasteiger partial charge >= 0.3 is 0 Å². The summed E-state index contributed by atoms with van der Waals surface area (Å²) in [5.74, 6) is 0. The molecule has 60 valence electrons. The lowest BCUT2D eigenvalue weighted by Crippen LogP contribution is -1.76. The Morgan fingerprint density at radius 2 is 1.36 bits per heavy atom. The van der Waals surface area contributed by atoms with Crippen LogP contribution < -0.4 is 0 Å². The molecule has 6 heteroatoms. The minimum absolute atomic E-state index is 0.137. The molecule has 0 spiro atoms. The molecule has 0 rings (SSSR count). The fourth-order valence-electron chi connectivity index (χ4n) is 0.228. The SMILES string of the molecule is N#CC(Cl)=C(Cl)C(Cl)=C(Cl)Cl. The first kappa shape index (κ1) is 11.4. The normalized spacial score (nSPS) is 11.6. The average Bonchev–Trinajstić information content (AvgIpc) is 2.00. The third-order valence-electron chi connectivity index (χ3n) is 0.649. The molecule has 1 nitrogen and oxygen atoms in total. The van der Waals surface area contributed by atoms with Gasteiger partial charge in [-0.15, -0.1) is 0 Å². The molecule has 0 aromatic heterocycles. The van der Waals surface area contributed by atoms with Crippen molar-refractivity contribution in [1.29, 1.82) is 5.26 Å². The van der Waals surface area contributed by atoms with Crippen LogP contribution >= 0.6 is 58.0 Å². The van der Waals surface area contributed by atoms with Gasteiger partial charge in [-0.05, 0) is 0 Å². The van der Waals surface area contributed by atoms with Gasteiger partial charge in [0, 0.05) is 0 Å². The third-order valence-corrected chi connectivity index (χ3v) is 2.44. The molecular formula is C5Cl5N. The van der Waals surface area contributed by atoms with E-state index < -0.39 is 0 Å². The summed E-state index contributed by atoms with van der Waals surface area (Å²) in [6, 6.07) is 1.58. The van der Waals surface area contributed by atoms with Crippen molar-refractivity contribution in [2.24, 2.45) is 0 Å². The van der Waals surface area contributed by atoms with Crippen LogP contribution in [0.5, 0.6) is 0 Å². The molecular weight excluding hydrogens is 251 g/mol. The Labute approximate surface area is 88.7 Å². The molecule has 0 saturated carbocycles. The summed E-state index contributed by atoms with van der Waals surface area (Å²) in [6.45, 7) is 0. The van der Waals surface area contributed by atoms with Crippen molar-refractivity contribution in [2.75, 3.05) is 0 Å². The Morgan fingerprint density at radius 3 is 1.64 bits per heavy atom. The first-order valence-electron chi connectivity index (χ1n) is 2.17. The highest BCUT2D eigenvalue weighted by atomic mass is 35.5. The van der Waals surface area contributed by atoms with Crippen molar-refractivity contribution < 1.29 is 0 Å². The van der Waals surface area contributed by atoms with Crippen LogP contribution in [0.4, 0.5) is 0 Å². The molecule has 0 aromatic carbocycles. The molecule has 0 aliphatic heterocycles. The van der Waals surface area contributed by atoms with Crippen molar-refractivity contribution in [1.82, 2.24) is 0 Å². The Balaban J connectivity index is 4.95. The monoisotopic (exact) mass is 249 g/mol. The zero-order valence-corrected chi connectivity index (χ0v) is 8.62. The van der Waals surface area contributed by atoms with E-state index in [4.69, 9.17) is 63.3 Å². The summed E-state index contributed by atoms with van der Waals surface area (Å²) in [5.41, 5.74) is 0. The van der Waals surface area contributed by atoms with Gasteiger partial charge in [0.25, 0.3) is 0 Å². The quantitative estimate of drug-likeness (QED) is 0.509. The molecule has 11 heavy (non-hydrogen) atoms. The Hall–Kier alpha value is 0.420. The fraction of sp³-hybridized carbons (Fsp3) is 0. The summed E-state index contributed by atoms with van der Waals surface area (Å²) in [7, 11) is 0. The van der Waals surface area contributed by atoms with Crippen LogP contribution in [0.25, 0.3) is 0 Å². The topological polar surface area (TPSA) is 23.8 Å². The zero-order valence-electron chi connectivity index (χ0n) is 4.84. The van der Waals surface area contributed by atoms with E-state index in [1.165, 1.54) is 0 Å². The summed E-state index contributed by atoms with van der Waals surface area (Å²) in [4.78, 5) is 0. The van der Waals surface area contributed by atoms with Crippen LogP contribution in [0.15, 0.2) is 19.6 Å². The van der Waals surface area contributed by atoms with Crippen LogP contribution in [0.1, 0.15) is 0 Å². The second-order valence-electron chi connectivity index (χ2n) is 1.31. The van der Waals surface area contributed by atoms with Gasteiger partial charge in [-0.2, -0.15) is 5.26 Å². The second-order valence-corrected chi connectivity index (χ2v) is 3.40. The maximum absolute atomic E-state index is 8.24. The standard InChI is InChI=1S/C5Cl5N/c6-2(1-11)3(7)4(8)5(9)10. The lowest BCUT2D eigenvalue weighted by Gasteiger charge is -1.94. The molecule has 0 N–H and O–H groups in total. The first-order valence-corrected chi connectivity index (χ1v) is 4.06. The fourth-order valence-corrected chi connectivity index (χ4v) is 0.888. The predicted octanol–water partition coefficient (Wildman–Crippen LogP) is 4.08. The maximum Gasteiger partial charge on any atom is 0.138 e.